The first-order valence-electron chi connectivity index (χ1n) is 7.10. The molecule has 2 aliphatic rings. The van der Waals surface area contributed by atoms with E-state index in [1.165, 1.54) is 0 Å². The Morgan fingerprint density at radius 3 is 2.72 bits per heavy atom. The van der Waals surface area contributed by atoms with Crippen LogP contribution in [0.1, 0.15) is 39.5 Å². The lowest BCUT2D eigenvalue weighted by atomic mass is 9.74. The van der Waals surface area contributed by atoms with Gasteiger partial charge in [-0.05, 0) is 45.4 Å². The maximum Gasteiger partial charge on any atom is 0.0882 e. The summed E-state index contributed by atoms with van der Waals surface area (Å²) in [4.78, 5) is 0. The Kier molecular flexibility index (Phi) is 4.64. The van der Waals surface area contributed by atoms with E-state index in [0.29, 0.717) is 13.2 Å². The summed E-state index contributed by atoms with van der Waals surface area (Å²) in [6.07, 6.45) is 3.75. The summed E-state index contributed by atoms with van der Waals surface area (Å²) >= 11 is 0. The summed E-state index contributed by atoms with van der Waals surface area (Å²) in [6, 6.07) is 0. The zero-order valence-electron chi connectivity index (χ0n) is 11.6. The molecule has 0 radical (unpaired) electrons. The predicted molar refractivity (Wildman–Crippen MR) is 68.6 cm³/mol. The summed E-state index contributed by atoms with van der Waals surface area (Å²) in [5.74, 6) is 0.260. The lowest BCUT2D eigenvalue weighted by Gasteiger charge is -2.47. The smallest absolute Gasteiger partial charge is 0.0882 e. The molecule has 0 amide bonds. The molecule has 0 aliphatic carbocycles. The first kappa shape index (κ1) is 14.3. The normalized spacial score (nSPS) is 31.2. The molecule has 2 rings (SSSR count). The average molecular weight is 258 g/mol. The van der Waals surface area contributed by atoms with Crippen LogP contribution in [0.25, 0.3) is 0 Å². The fourth-order valence-electron chi connectivity index (χ4n) is 3.08. The molecule has 18 heavy (non-hydrogen) atoms. The Hall–Kier alpha value is -0.160. The van der Waals surface area contributed by atoms with Gasteiger partial charge in [0.2, 0.25) is 0 Å². The Morgan fingerprint density at radius 2 is 2.06 bits per heavy atom. The standard InChI is InChI=1S/C14H26O4/c1-3-16-11-13(2,15)12-4-7-18-14(10-12)5-8-17-9-6-14/h12,15H,3-11H2,1-2H3. The second-order valence-electron chi connectivity index (χ2n) is 5.83. The minimum atomic E-state index is -0.745. The maximum atomic E-state index is 10.6. The van der Waals surface area contributed by atoms with Gasteiger partial charge in [0.15, 0.2) is 0 Å². The molecule has 1 N–H and O–H groups in total. The van der Waals surface area contributed by atoms with Crippen LogP contribution >= 0.6 is 0 Å². The molecular formula is C14H26O4. The van der Waals surface area contributed by atoms with E-state index in [2.05, 4.69) is 0 Å². The molecular weight excluding hydrogens is 232 g/mol. The van der Waals surface area contributed by atoms with E-state index in [1.54, 1.807) is 0 Å². The topological polar surface area (TPSA) is 47.9 Å². The zero-order valence-corrected chi connectivity index (χ0v) is 11.6. The van der Waals surface area contributed by atoms with Gasteiger partial charge in [0.1, 0.15) is 0 Å². The summed E-state index contributed by atoms with van der Waals surface area (Å²) < 4.78 is 16.8. The van der Waals surface area contributed by atoms with Crippen molar-refractivity contribution in [3.63, 3.8) is 0 Å². The molecule has 0 saturated carbocycles. The fraction of sp³-hybridized carbons (Fsp3) is 1.00. The highest BCUT2D eigenvalue weighted by molar-refractivity contribution is 4.94. The van der Waals surface area contributed by atoms with Crippen molar-refractivity contribution >= 4 is 0 Å². The molecule has 106 valence electrons. The zero-order chi connectivity index (χ0) is 13.1. The molecule has 2 unspecified atom stereocenters. The lowest BCUT2D eigenvalue weighted by molar-refractivity contribution is -0.180. The Bertz CT molecular complexity index is 253. The SMILES string of the molecule is CCOCC(C)(O)C1CCOC2(CCOCC2)C1. The Labute approximate surface area is 110 Å². The average Bonchev–Trinajstić information content (AvgIpc) is 2.37. The Morgan fingerprint density at radius 1 is 1.33 bits per heavy atom. The lowest BCUT2D eigenvalue weighted by Crippen LogP contribution is -2.51. The van der Waals surface area contributed by atoms with Crippen molar-refractivity contribution in [2.75, 3.05) is 33.0 Å². The van der Waals surface area contributed by atoms with E-state index in [9.17, 15) is 5.11 Å². The third kappa shape index (κ3) is 3.23. The minimum Gasteiger partial charge on any atom is -0.387 e. The number of hydrogen-bond donors (Lipinski definition) is 1. The van der Waals surface area contributed by atoms with E-state index in [0.717, 1.165) is 45.5 Å². The number of aliphatic hydroxyl groups is 1. The van der Waals surface area contributed by atoms with Crippen LogP contribution < -0.4 is 0 Å². The van der Waals surface area contributed by atoms with Crippen LogP contribution in [-0.4, -0.2) is 49.3 Å². The summed E-state index contributed by atoms with van der Waals surface area (Å²) in [6.45, 7) is 7.22. The van der Waals surface area contributed by atoms with Gasteiger partial charge < -0.3 is 19.3 Å². The van der Waals surface area contributed by atoms with Crippen molar-refractivity contribution in [2.45, 2.75) is 50.7 Å². The van der Waals surface area contributed by atoms with Gasteiger partial charge in [-0.15, -0.1) is 0 Å². The van der Waals surface area contributed by atoms with Crippen molar-refractivity contribution in [1.29, 1.82) is 0 Å². The van der Waals surface area contributed by atoms with Crippen molar-refractivity contribution in [3.05, 3.63) is 0 Å². The highest BCUT2D eigenvalue weighted by Gasteiger charge is 2.44. The van der Waals surface area contributed by atoms with Crippen molar-refractivity contribution in [1.82, 2.24) is 0 Å². The highest BCUT2D eigenvalue weighted by atomic mass is 16.5. The summed E-state index contributed by atoms with van der Waals surface area (Å²) in [5.41, 5.74) is -0.803. The monoisotopic (exact) mass is 258 g/mol. The molecule has 2 atom stereocenters. The van der Waals surface area contributed by atoms with E-state index in [-0.39, 0.29) is 11.5 Å². The molecule has 0 aromatic heterocycles. The van der Waals surface area contributed by atoms with Gasteiger partial charge in [-0.25, -0.2) is 0 Å². The van der Waals surface area contributed by atoms with E-state index < -0.39 is 5.60 Å². The van der Waals surface area contributed by atoms with Crippen molar-refractivity contribution in [3.8, 4) is 0 Å². The number of rotatable bonds is 4. The largest absolute Gasteiger partial charge is 0.387 e. The van der Waals surface area contributed by atoms with Crippen molar-refractivity contribution < 1.29 is 19.3 Å². The molecule has 0 aromatic rings. The minimum absolute atomic E-state index is 0.0582. The van der Waals surface area contributed by atoms with Crippen LogP contribution in [0.4, 0.5) is 0 Å². The van der Waals surface area contributed by atoms with Crippen LogP contribution in [0.2, 0.25) is 0 Å². The second kappa shape index (κ2) is 5.87. The summed E-state index contributed by atoms with van der Waals surface area (Å²) in [5, 5.41) is 10.6. The van der Waals surface area contributed by atoms with Gasteiger partial charge in [0.25, 0.3) is 0 Å². The van der Waals surface area contributed by atoms with Crippen LogP contribution in [0.3, 0.4) is 0 Å². The summed E-state index contributed by atoms with van der Waals surface area (Å²) in [7, 11) is 0. The molecule has 2 aliphatic heterocycles. The predicted octanol–water partition coefficient (Wildman–Crippen LogP) is 1.75. The molecule has 0 bridgehead atoms. The van der Waals surface area contributed by atoms with Crippen LogP contribution in [0.15, 0.2) is 0 Å². The van der Waals surface area contributed by atoms with E-state index in [1.807, 2.05) is 13.8 Å². The molecule has 2 heterocycles. The first-order valence-corrected chi connectivity index (χ1v) is 7.10. The van der Waals surface area contributed by atoms with Gasteiger partial charge in [-0.3, -0.25) is 0 Å². The second-order valence-corrected chi connectivity index (χ2v) is 5.83. The Balaban J connectivity index is 1.96. The number of hydrogen-bond acceptors (Lipinski definition) is 4. The molecule has 2 saturated heterocycles. The highest BCUT2D eigenvalue weighted by Crippen LogP contribution is 2.41. The molecule has 4 heteroatoms. The quantitative estimate of drug-likeness (QED) is 0.834. The molecule has 4 nitrogen and oxygen atoms in total. The van der Waals surface area contributed by atoms with E-state index in [4.69, 9.17) is 14.2 Å². The maximum absolute atomic E-state index is 10.6. The third-order valence-electron chi connectivity index (χ3n) is 4.37. The van der Waals surface area contributed by atoms with Gasteiger partial charge in [-0.1, -0.05) is 0 Å². The number of ether oxygens (including phenoxy) is 3. The van der Waals surface area contributed by atoms with Gasteiger partial charge in [-0.2, -0.15) is 0 Å². The van der Waals surface area contributed by atoms with Crippen LogP contribution in [-0.2, 0) is 14.2 Å². The van der Waals surface area contributed by atoms with Crippen LogP contribution in [0.5, 0.6) is 0 Å². The van der Waals surface area contributed by atoms with Crippen LogP contribution in [0, 0.1) is 5.92 Å². The molecule has 0 aromatic carbocycles. The fourth-order valence-corrected chi connectivity index (χ4v) is 3.08. The first-order chi connectivity index (χ1) is 8.58. The molecule has 1 spiro atoms. The van der Waals surface area contributed by atoms with Crippen molar-refractivity contribution in [2.24, 2.45) is 5.92 Å². The van der Waals surface area contributed by atoms with Gasteiger partial charge >= 0.3 is 0 Å². The van der Waals surface area contributed by atoms with E-state index >= 15 is 0 Å². The molecule has 2 fully saturated rings. The third-order valence-corrected chi connectivity index (χ3v) is 4.37. The van der Waals surface area contributed by atoms with Gasteiger partial charge in [0, 0.05) is 26.4 Å². The van der Waals surface area contributed by atoms with Gasteiger partial charge in [0.05, 0.1) is 17.8 Å².